The fourth-order valence-corrected chi connectivity index (χ4v) is 2.20. The van der Waals surface area contributed by atoms with E-state index in [1.54, 1.807) is 11.9 Å². The molecule has 1 heterocycles. The van der Waals surface area contributed by atoms with Gasteiger partial charge in [-0.25, -0.2) is 0 Å². The summed E-state index contributed by atoms with van der Waals surface area (Å²) in [6.07, 6.45) is 2.47. The number of Topliss-reactive ketones (excluding diaryl/α,β-unsaturated/α-hetero) is 1. The van der Waals surface area contributed by atoms with Gasteiger partial charge in [-0.3, -0.25) is 9.59 Å². The van der Waals surface area contributed by atoms with Crippen LogP contribution >= 0.6 is 0 Å². The SMILES string of the molecule is CN1C(=O)Cc2cc(C(=O)C3CC3)ccc21. The van der Waals surface area contributed by atoms with E-state index in [9.17, 15) is 9.59 Å². The van der Waals surface area contributed by atoms with Crippen LogP contribution in [0, 0.1) is 5.92 Å². The van der Waals surface area contributed by atoms with Crippen molar-refractivity contribution in [3.8, 4) is 0 Å². The van der Waals surface area contributed by atoms with E-state index >= 15 is 0 Å². The number of fused-ring (bicyclic) bond motifs is 1. The molecule has 0 spiro atoms. The van der Waals surface area contributed by atoms with E-state index in [0.717, 1.165) is 29.7 Å². The van der Waals surface area contributed by atoms with Crippen LogP contribution in [0.1, 0.15) is 28.8 Å². The predicted molar refractivity (Wildman–Crippen MR) is 60.6 cm³/mol. The molecule has 1 aliphatic heterocycles. The Bertz CT molecular complexity index is 489. The Labute approximate surface area is 94.1 Å². The number of likely N-dealkylation sites (N-methyl/N-ethyl adjacent to an activating group) is 1. The molecule has 0 aromatic heterocycles. The van der Waals surface area contributed by atoms with Crippen molar-refractivity contribution in [1.82, 2.24) is 0 Å². The maximum atomic E-state index is 11.9. The summed E-state index contributed by atoms with van der Waals surface area (Å²) in [5.74, 6) is 0.587. The summed E-state index contributed by atoms with van der Waals surface area (Å²) in [6.45, 7) is 0. The third-order valence-corrected chi connectivity index (χ3v) is 3.39. The fraction of sp³-hybridized carbons (Fsp3) is 0.385. The first-order valence-electron chi connectivity index (χ1n) is 5.60. The molecular formula is C13H13NO2. The molecule has 1 amide bonds. The third kappa shape index (κ3) is 1.35. The molecule has 0 atom stereocenters. The van der Waals surface area contributed by atoms with Crippen molar-refractivity contribution < 1.29 is 9.59 Å². The van der Waals surface area contributed by atoms with E-state index in [1.165, 1.54) is 0 Å². The van der Waals surface area contributed by atoms with Gasteiger partial charge in [-0.15, -0.1) is 0 Å². The lowest BCUT2D eigenvalue weighted by Gasteiger charge is -2.10. The Hall–Kier alpha value is -1.64. The van der Waals surface area contributed by atoms with Crippen LogP contribution < -0.4 is 4.90 Å². The molecule has 0 N–H and O–H groups in total. The normalized spacial score (nSPS) is 18.8. The number of hydrogen-bond donors (Lipinski definition) is 0. The number of benzene rings is 1. The molecule has 16 heavy (non-hydrogen) atoms. The van der Waals surface area contributed by atoms with Gasteiger partial charge in [0.15, 0.2) is 5.78 Å². The average molecular weight is 215 g/mol. The van der Waals surface area contributed by atoms with Crippen LogP contribution in [0.2, 0.25) is 0 Å². The molecule has 3 nitrogen and oxygen atoms in total. The summed E-state index contributed by atoms with van der Waals surface area (Å²) >= 11 is 0. The minimum absolute atomic E-state index is 0.103. The highest BCUT2D eigenvalue weighted by Crippen LogP contribution is 2.35. The number of nitrogens with zero attached hydrogens (tertiary/aromatic N) is 1. The van der Waals surface area contributed by atoms with Crippen LogP contribution in [-0.2, 0) is 11.2 Å². The van der Waals surface area contributed by atoms with Crippen molar-refractivity contribution >= 4 is 17.4 Å². The zero-order valence-corrected chi connectivity index (χ0v) is 9.19. The number of rotatable bonds is 2. The molecule has 0 saturated heterocycles. The fourth-order valence-electron chi connectivity index (χ4n) is 2.20. The lowest BCUT2D eigenvalue weighted by atomic mass is 10.0. The van der Waals surface area contributed by atoms with Crippen LogP contribution in [0.5, 0.6) is 0 Å². The maximum absolute atomic E-state index is 11.9. The molecule has 1 aliphatic carbocycles. The minimum Gasteiger partial charge on any atom is -0.315 e. The molecule has 2 aliphatic rings. The van der Waals surface area contributed by atoms with Crippen molar-refractivity contribution in [2.24, 2.45) is 5.92 Å². The van der Waals surface area contributed by atoms with Crippen molar-refractivity contribution in [2.75, 3.05) is 11.9 Å². The number of hydrogen-bond acceptors (Lipinski definition) is 2. The molecule has 3 heteroatoms. The summed E-state index contributed by atoms with van der Waals surface area (Å²) < 4.78 is 0. The number of carbonyl (C=O) groups is 2. The van der Waals surface area contributed by atoms with Crippen LogP contribution in [0.25, 0.3) is 0 Å². The summed E-state index contributed by atoms with van der Waals surface area (Å²) in [5.41, 5.74) is 2.70. The molecule has 0 unspecified atom stereocenters. The van der Waals surface area contributed by atoms with E-state index in [0.29, 0.717) is 6.42 Å². The first-order valence-corrected chi connectivity index (χ1v) is 5.60. The number of carbonyl (C=O) groups excluding carboxylic acids is 2. The van der Waals surface area contributed by atoms with Crippen LogP contribution in [0.3, 0.4) is 0 Å². The van der Waals surface area contributed by atoms with E-state index in [-0.39, 0.29) is 17.6 Å². The van der Waals surface area contributed by atoms with Gasteiger partial charge in [0, 0.05) is 24.2 Å². The van der Waals surface area contributed by atoms with Gasteiger partial charge in [-0.1, -0.05) is 0 Å². The Morgan fingerprint density at radius 3 is 2.81 bits per heavy atom. The van der Waals surface area contributed by atoms with Gasteiger partial charge in [0.2, 0.25) is 5.91 Å². The monoisotopic (exact) mass is 215 g/mol. The lowest BCUT2D eigenvalue weighted by molar-refractivity contribution is -0.117. The van der Waals surface area contributed by atoms with Crippen LogP contribution in [-0.4, -0.2) is 18.7 Å². The topological polar surface area (TPSA) is 37.4 Å². The smallest absolute Gasteiger partial charge is 0.231 e. The Balaban J connectivity index is 1.97. The zero-order valence-electron chi connectivity index (χ0n) is 9.19. The standard InChI is InChI=1S/C13H13NO2/c1-14-11-5-4-9(13(16)8-2-3-8)6-10(11)7-12(14)15/h4-6,8H,2-3,7H2,1H3. The van der Waals surface area contributed by atoms with Gasteiger partial charge >= 0.3 is 0 Å². The summed E-state index contributed by atoms with van der Waals surface area (Å²) in [4.78, 5) is 25.0. The zero-order chi connectivity index (χ0) is 11.3. The maximum Gasteiger partial charge on any atom is 0.231 e. The molecule has 1 aromatic rings. The van der Waals surface area contributed by atoms with E-state index in [1.807, 2.05) is 18.2 Å². The van der Waals surface area contributed by atoms with E-state index in [2.05, 4.69) is 0 Å². The summed E-state index contributed by atoms with van der Waals surface area (Å²) in [7, 11) is 1.77. The molecule has 1 aromatic carbocycles. The van der Waals surface area contributed by atoms with Gasteiger partial charge in [0.05, 0.1) is 6.42 Å². The second-order valence-electron chi connectivity index (χ2n) is 4.61. The molecule has 1 fully saturated rings. The van der Waals surface area contributed by atoms with Gasteiger partial charge in [0.25, 0.3) is 0 Å². The minimum atomic E-state index is 0.103. The van der Waals surface area contributed by atoms with Gasteiger partial charge in [-0.05, 0) is 36.6 Å². The molecule has 0 bridgehead atoms. The van der Waals surface area contributed by atoms with Gasteiger partial charge < -0.3 is 4.90 Å². The highest BCUT2D eigenvalue weighted by molar-refractivity contribution is 6.04. The summed E-state index contributed by atoms with van der Waals surface area (Å²) in [6, 6.07) is 5.61. The molecule has 1 saturated carbocycles. The van der Waals surface area contributed by atoms with Crippen molar-refractivity contribution in [2.45, 2.75) is 19.3 Å². The largest absolute Gasteiger partial charge is 0.315 e. The number of anilines is 1. The Morgan fingerprint density at radius 2 is 2.12 bits per heavy atom. The van der Waals surface area contributed by atoms with Crippen LogP contribution in [0.15, 0.2) is 18.2 Å². The van der Waals surface area contributed by atoms with Gasteiger partial charge in [0.1, 0.15) is 0 Å². The van der Waals surface area contributed by atoms with E-state index < -0.39 is 0 Å². The first-order chi connectivity index (χ1) is 7.66. The molecule has 0 radical (unpaired) electrons. The van der Waals surface area contributed by atoms with E-state index in [4.69, 9.17) is 0 Å². The summed E-state index contributed by atoms with van der Waals surface area (Å²) in [5, 5.41) is 0. The highest BCUT2D eigenvalue weighted by Gasteiger charge is 2.32. The second kappa shape index (κ2) is 3.17. The van der Waals surface area contributed by atoms with Crippen molar-refractivity contribution in [1.29, 1.82) is 0 Å². The highest BCUT2D eigenvalue weighted by atomic mass is 16.2. The van der Waals surface area contributed by atoms with Crippen molar-refractivity contribution in [3.63, 3.8) is 0 Å². The van der Waals surface area contributed by atoms with Gasteiger partial charge in [-0.2, -0.15) is 0 Å². The molecular weight excluding hydrogens is 202 g/mol. The Morgan fingerprint density at radius 1 is 1.38 bits per heavy atom. The molecule has 3 rings (SSSR count). The average Bonchev–Trinajstić information content (AvgIpc) is 3.07. The lowest BCUT2D eigenvalue weighted by Crippen LogP contribution is -2.20. The third-order valence-electron chi connectivity index (χ3n) is 3.39. The Kier molecular flexibility index (Phi) is 1.90. The van der Waals surface area contributed by atoms with Crippen molar-refractivity contribution in [3.05, 3.63) is 29.3 Å². The molecule has 82 valence electrons. The predicted octanol–water partition coefficient (Wildman–Crippen LogP) is 1.80. The first kappa shape index (κ1) is 9.58. The number of amides is 1. The van der Waals surface area contributed by atoms with Crippen LogP contribution in [0.4, 0.5) is 5.69 Å². The second-order valence-corrected chi connectivity index (χ2v) is 4.61. The number of ketones is 1. The quantitative estimate of drug-likeness (QED) is 0.705.